The quantitative estimate of drug-likeness (QED) is 0.530. The van der Waals surface area contributed by atoms with Gasteiger partial charge in [0.25, 0.3) is 0 Å². The van der Waals surface area contributed by atoms with Gasteiger partial charge in [-0.2, -0.15) is 0 Å². The van der Waals surface area contributed by atoms with E-state index in [-0.39, 0.29) is 0 Å². The second kappa shape index (κ2) is 7.48. The van der Waals surface area contributed by atoms with Crippen LogP contribution in [0.1, 0.15) is 31.9 Å². The zero-order valence-electron chi connectivity index (χ0n) is 16.5. The van der Waals surface area contributed by atoms with Gasteiger partial charge < -0.3 is 0 Å². The molecule has 0 fully saturated rings. The Morgan fingerprint density at radius 2 is 1.48 bits per heavy atom. The molecule has 1 aromatic carbocycles. The molecule has 27 heavy (non-hydrogen) atoms. The third kappa shape index (κ3) is 3.21. The van der Waals surface area contributed by atoms with Gasteiger partial charge in [0.1, 0.15) is 0 Å². The number of rotatable bonds is 5. The minimum absolute atomic E-state index is 1.13. The molecule has 0 amide bonds. The van der Waals surface area contributed by atoms with Crippen molar-refractivity contribution in [2.75, 3.05) is 0 Å². The highest BCUT2D eigenvalue weighted by molar-refractivity contribution is 6.71. The highest BCUT2D eigenvalue weighted by Gasteiger charge is 2.29. The average Bonchev–Trinajstić information content (AvgIpc) is 3.22. The summed E-state index contributed by atoms with van der Waals surface area (Å²) >= 11 is 0. The molecule has 0 aromatic heterocycles. The van der Waals surface area contributed by atoms with Crippen molar-refractivity contribution in [2.45, 2.75) is 20.8 Å². The average molecular weight is 346 g/mol. The van der Waals surface area contributed by atoms with E-state index in [9.17, 15) is 0 Å². The minimum Gasteiger partial charge on any atom is -0.0996 e. The Morgan fingerprint density at radius 3 is 2.07 bits per heavy atom. The number of hydrogen-bond donors (Lipinski definition) is 0. The lowest BCUT2D eigenvalue weighted by Gasteiger charge is -2.12. The predicted molar refractivity (Wildman–Crippen MR) is 124 cm³/mol. The second-order valence-corrected chi connectivity index (χ2v) is 7.04. The van der Waals surface area contributed by atoms with Crippen LogP contribution in [0.2, 0.25) is 0 Å². The topological polar surface area (TPSA) is 0 Å². The van der Waals surface area contributed by atoms with Crippen LogP contribution in [-0.2, 0) is 0 Å². The molecule has 2 radical (unpaired) electrons. The molecular weight excluding hydrogens is 322 g/mol. The molecule has 0 aliphatic carbocycles. The van der Waals surface area contributed by atoms with E-state index in [0.717, 1.165) is 16.6 Å². The minimum atomic E-state index is 1.13. The molecule has 0 saturated heterocycles. The molecule has 0 spiro atoms. The van der Waals surface area contributed by atoms with Gasteiger partial charge in [0.15, 0.2) is 14.6 Å². The summed E-state index contributed by atoms with van der Waals surface area (Å²) in [5.41, 5.74) is 13.3. The van der Waals surface area contributed by atoms with Gasteiger partial charge in [-0.3, -0.25) is 0 Å². The Hall–Kier alpha value is -2.73. The Bertz CT molecular complexity index is 1010. The van der Waals surface area contributed by atoms with Gasteiger partial charge in [-0.05, 0) is 48.6 Å². The summed E-state index contributed by atoms with van der Waals surface area (Å²) < 4.78 is 0. The van der Waals surface area contributed by atoms with Crippen molar-refractivity contribution in [3.8, 4) is 0 Å². The van der Waals surface area contributed by atoms with Crippen molar-refractivity contribution in [1.29, 1.82) is 0 Å². The first-order chi connectivity index (χ1) is 12.9. The van der Waals surface area contributed by atoms with E-state index in [4.69, 9.17) is 0 Å². The molecule has 2 aliphatic heterocycles. The van der Waals surface area contributed by atoms with E-state index in [2.05, 4.69) is 79.9 Å². The first-order valence-corrected chi connectivity index (χ1v) is 9.17. The molecule has 2 heterocycles. The van der Waals surface area contributed by atoms with Crippen LogP contribution in [0.3, 0.4) is 0 Å². The fourth-order valence-electron chi connectivity index (χ4n) is 3.81. The van der Waals surface area contributed by atoms with E-state index in [1.165, 1.54) is 44.2 Å². The van der Waals surface area contributed by atoms with Crippen molar-refractivity contribution < 1.29 is 0 Å². The van der Waals surface area contributed by atoms with Gasteiger partial charge in [0.05, 0.1) is 0 Å². The van der Waals surface area contributed by atoms with Gasteiger partial charge in [-0.15, -0.1) is 0 Å². The molecule has 130 valence electrons. The van der Waals surface area contributed by atoms with Crippen molar-refractivity contribution in [3.63, 3.8) is 0 Å². The van der Waals surface area contributed by atoms with E-state index in [0.29, 0.717) is 0 Å². The Balaban J connectivity index is 2.23. The number of fused-ring (bicyclic) bond motifs is 2. The third-order valence-electron chi connectivity index (χ3n) is 5.29. The van der Waals surface area contributed by atoms with Crippen LogP contribution >= 0.6 is 0 Å². The first kappa shape index (κ1) is 19.0. The predicted octanol–water partition coefficient (Wildman–Crippen LogP) is 4.82. The lowest BCUT2D eigenvalue weighted by molar-refractivity contribution is 1.42. The van der Waals surface area contributed by atoms with E-state index in [1.54, 1.807) is 0 Å². The fraction of sp³-hybridized carbons (Fsp3) is 0.120. The second-order valence-electron chi connectivity index (χ2n) is 7.04. The lowest BCUT2D eigenvalue weighted by Crippen LogP contribution is -2.21. The van der Waals surface area contributed by atoms with E-state index >= 15 is 0 Å². The Labute approximate surface area is 165 Å². The first-order valence-electron chi connectivity index (χ1n) is 9.17. The molecule has 2 heteroatoms. The number of allylic oxidation sites excluding steroid dienone is 12. The zero-order chi connectivity index (χ0) is 19.7. The van der Waals surface area contributed by atoms with Crippen LogP contribution in [0.5, 0.6) is 0 Å². The molecule has 0 N–H and O–H groups in total. The monoisotopic (exact) mass is 346 g/mol. The third-order valence-corrected chi connectivity index (χ3v) is 5.29. The molecule has 0 nitrogen and oxygen atoms in total. The van der Waals surface area contributed by atoms with Crippen molar-refractivity contribution >= 4 is 36.6 Å². The van der Waals surface area contributed by atoms with Crippen LogP contribution in [0.25, 0.3) is 11.1 Å². The molecule has 3 rings (SSSR count). The molecule has 2 aliphatic rings. The Morgan fingerprint density at radius 1 is 0.815 bits per heavy atom. The van der Waals surface area contributed by atoms with Crippen molar-refractivity contribution in [2.24, 2.45) is 0 Å². The van der Waals surface area contributed by atoms with E-state index < -0.39 is 0 Å². The summed E-state index contributed by atoms with van der Waals surface area (Å²) in [5.74, 6) is 0. The van der Waals surface area contributed by atoms with E-state index in [1.807, 2.05) is 24.3 Å². The highest BCUT2D eigenvalue weighted by atomic mass is 14.2. The van der Waals surface area contributed by atoms with Crippen LogP contribution in [0.15, 0.2) is 96.5 Å². The Kier molecular flexibility index (Phi) is 5.28. The smallest absolute Gasteiger partial charge is 0.0996 e. The van der Waals surface area contributed by atoms with Gasteiger partial charge in [0, 0.05) is 0 Å². The van der Waals surface area contributed by atoms with Crippen molar-refractivity contribution in [3.05, 3.63) is 108 Å². The van der Waals surface area contributed by atoms with Gasteiger partial charge in [0.2, 0.25) is 0 Å². The van der Waals surface area contributed by atoms with Gasteiger partial charge >= 0.3 is 0 Å². The van der Waals surface area contributed by atoms with Crippen LogP contribution < -0.4 is 10.9 Å². The molecule has 0 bridgehead atoms. The molecule has 0 atom stereocenters. The maximum atomic E-state index is 4.00. The number of hydrogen-bond acceptors (Lipinski definition) is 0. The van der Waals surface area contributed by atoms with Crippen molar-refractivity contribution in [1.82, 2.24) is 0 Å². The summed E-state index contributed by atoms with van der Waals surface area (Å²) in [6.45, 7) is 22.2. The summed E-state index contributed by atoms with van der Waals surface area (Å²) in [4.78, 5) is 0. The van der Waals surface area contributed by atoms with Crippen LogP contribution in [-0.4, -0.2) is 14.6 Å². The molecular formula is C25H24B2. The van der Waals surface area contributed by atoms with Crippen LogP contribution in [0.4, 0.5) is 0 Å². The summed E-state index contributed by atoms with van der Waals surface area (Å²) in [7, 11) is 4.48. The highest BCUT2D eigenvalue weighted by Crippen LogP contribution is 2.35. The van der Waals surface area contributed by atoms with Gasteiger partial charge in [-0.1, -0.05) is 102 Å². The zero-order valence-corrected chi connectivity index (χ0v) is 16.5. The lowest BCUT2D eigenvalue weighted by atomic mass is 9.64. The summed E-state index contributed by atoms with van der Waals surface area (Å²) in [6, 6.07) is 4.56. The summed E-state index contributed by atoms with van der Waals surface area (Å²) in [6.07, 6.45) is 9.83. The molecule has 0 saturated carbocycles. The fourth-order valence-corrected chi connectivity index (χ4v) is 3.81. The number of benzene rings is 1. The molecule has 1 aromatic rings. The largest absolute Gasteiger partial charge is 0.193 e. The van der Waals surface area contributed by atoms with Crippen LogP contribution in [0, 0.1) is 0 Å². The normalized spacial score (nSPS) is 18.9. The summed E-state index contributed by atoms with van der Waals surface area (Å²) in [5, 5.41) is 0. The SMILES string of the molecule is C=CC1=C(C=C)c2cc3c(cc2[B]1)C(=C(/C)C=C)/C(=C(C)\C=C(/C)C=C)[B]3. The molecule has 0 unspecified atom stereocenters. The maximum Gasteiger partial charge on any atom is 0.193 e. The maximum absolute atomic E-state index is 4.00. The standard InChI is InChI=1S/C25H24B2/c1-8-15(5)12-17(7)25-24(16(6)9-2)20-14-22-19(13-23(20)27-25)18(10-3)21(11-4)26-22/h8-14H,1-4H2,5-7H3/b15-12+,24-16+,25-17+. The van der Waals surface area contributed by atoms with Gasteiger partial charge in [-0.25, -0.2) is 0 Å².